The molecule has 2 nitrogen and oxygen atoms in total. The SMILES string of the molecule is c1ccc(N(c2cccc3c2sc2ccccc23)c2cccc3oc4c5ccccc5ccc4c23)c(-c2ccc3c(c2)sc2ccccc23)c1. The average molecular weight is 674 g/mol. The largest absolute Gasteiger partial charge is 0.455 e. The van der Waals surface area contributed by atoms with Crippen LogP contribution >= 0.6 is 22.7 Å². The highest BCUT2D eigenvalue weighted by Gasteiger charge is 2.25. The highest BCUT2D eigenvalue weighted by molar-refractivity contribution is 7.26. The lowest BCUT2D eigenvalue weighted by Gasteiger charge is -2.29. The van der Waals surface area contributed by atoms with Crippen LogP contribution in [0.1, 0.15) is 0 Å². The van der Waals surface area contributed by atoms with Crippen LogP contribution in [0.4, 0.5) is 17.1 Å². The number of furan rings is 1. The second kappa shape index (κ2) is 10.8. The molecule has 0 aliphatic rings. The van der Waals surface area contributed by atoms with Gasteiger partial charge in [0.05, 0.1) is 27.1 Å². The van der Waals surface area contributed by atoms with Crippen molar-refractivity contribution >= 4 is 113 Å². The molecule has 0 saturated carbocycles. The quantitative estimate of drug-likeness (QED) is 0.185. The molecule has 3 heterocycles. The van der Waals surface area contributed by atoms with Gasteiger partial charge in [0.2, 0.25) is 0 Å². The highest BCUT2D eigenvalue weighted by Crippen LogP contribution is 2.50. The Morgan fingerprint density at radius 1 is 0.420 bits per heavy atom. The molecular formula is C46H27NOS2. The molecule has 0 saturated heterocycles. The Balaban J connectivity index is 1.23. The van der Waals surface area contributed by atoms with Crippen LogP contribution in [0.3, 0.4) is 0 Å². The molecule has 3 aromatic heterocycles. The lowest BCUT2D eigenvalue weighted by Crippen LogP contribution is -2.11. The molecule has 0 aliphatic heterocycles. The summed E-state index contributed by atoms with van der Waals surface area (Å²) in [6.45, 7) is 0. The first kappa shape index (κ1) is 28.0. The Morgan fingerprint density at radius 3 is 1.96 bits per heavy atom. The fourth-order valence-electron chi connectivity index (χ4n) is 7.83. The minimum Gasteiger partial charge on any atom is -0.455 e. The summed E-state index contributed by atoms with van der Waals surface area (Å²) < 4.78 is 11.9. The summed E-state index contributed by atoms with van der Waals surface area (Å²) in [6, 6.07) is 59.5. The fourth-order valence-corrected chi connectivity index (χ4v) is 10.2. The Kier molecular flexibility index (Phi) is 6.03. The second-order valence-corrected chi connectivity index (χ2v) is 15.0. The fraction of sp³-hybridized carbons (Fsp3) is 0. The van der Waals surface area contributed by atoms with Crippen molar-refractivity contribution in [1.82, 2.24) is 0 Å². The number of anilines is 3. The lowest BCUT2D eigenvalue weighted by molar-refractivity contribution is 0.672. The van der Waals surface area contributed by atoms with E-state index < -0.39 is 0 Å². The number of rotatable bonds is 4. The van der Waals surface area contributed by atoms with Crippen molar-refractivity contribution in [2.24, 2.45) is 0 Å². The molecule has 0 atom stereocenters. The van der Waals surface area contributed by atoms with Crippen LogP contribution in [-0.2, 0) is 0 Å². The number of benzene rings is 8. The van der Waals surface area contributed by atoms with Crippen molar-refractivity contribution in [2.45, 2.75) is 0 Å². The third-order valence-electron chi connectivity index (χ3n) is 10.1. The maximum Gasteiger partial charge on any atom is 0.143 e. The molecule has 0 unspecified atom stereocenters. The zero-order chi connectivity index (χ0) is 32.8. The standard InChI is InChI=1S/C46H27NOS2/c1-2-13-31-28(11-1)23-26-36-44-38(18-10-20-40(44)48-45(31)36)47(39-19-9-16-35-33-15-5-8-22-42(33)50-46(35)39)37-17-6-3-12-30(37)29-24-25-34-32-14-4-7-21-41(32)49-43(34)27-29/h1-27H. The van der Waals surface area contributed by atoms with Crippen LogP contribution in [0.15, 0.2) is 168 Å². The van der Waals surface area contributed by atoms with Gasteiger partial charge in [-0.15, -0.1) is 22.7 Å². The molecule has 0 N–H and O–H groups in total. The number of hydrogen-bond donors (Lipinski definition) is 0. The zero-order valence-electron chi connectivity index (χ0n) is 26.8. The molecule has 50 heavy (non-hydrogen) atoms. The van der Waals surface area contributed by atoms with Gasteiger partial charge >= 0.3 is 0 Å². The Labute approximate surface area is 295 Å². The normalized spacial score (nSPS) is 12.0. The van der Waals surface area contributed by atoms with E-state index in [1.165, 1.54) is 56.9 Å². The van der Waals surface area contributed by atoms with Gasteiger partial charge in [0.15, 0.2) is 0 Å². The van der Waals surface area contributed by atoms with E-state index in [1.807, 2.05) is 22.7 Å². The monoisotopic (exact) mass is 673 g/mol. The summed E-state index contributed by atoms with van der Waals surface area (Å²) >= 11 is 3.72. The van der Waals surface area contributed by atoms with E-state index in [-0.39, 0.29) is 0 Å². The van der Waals surface area contributed by atoms with Crippen LogP contribution in [-0.4, -0.2) is 0 Å². The molecule has 0 fully saturated rings. The lowest BCUT2D eigenvalue weighted by atomic mass is 9.99. The molecule has 11 aromatic rings. The average Bonchev–Trinajstić information content (AvgIpc) is 3.87. The molecule has 4 heteroatoms. The molecule has 0 amide bonds. The predicted octanol–water partition coefficient (Wildman–Crippen LogP) is 14.6. The maximum atomic E-state index is 6.73. The third-order valence-corrected chi connectivity index (χ3v) is 12.4. The summed E-state index contributed by atoms with van der Waals surface area (Å²) in [4.78, 5) is 2.48. The van der Waals surface area contributed by atoms with Gasteiger partial charge < -0.3 is 9.32 Å². The van der Waals surface area contributed by atoms with Crippen LogP contribution in [0.5, 0.6) is 0 Å². The van der Waals surface area contributed by atoms with Crippen LogP contribution in [0, 0.1) is 0 Å². The Hall–Kier alpha value is -5.94. The molecule has 0 spiro atoms. The summed E-state index contributed by atoms with van der Waals surface area (Å²) in [5.74, 6) is 0. The zero-order valence-corrected chi connectivity index (χ0v) is 28.4. The van der Waals surface area contributed by atoms with E-state index in [1.54, 1.807) is 0 Å². The molecule has 11 rings (SSSR count). The molecule has 0 bridgehead atoms. The van der Waals surface area contributed by atoms with Gasteiger partial charge in [-0.05, 0) is 59.5 Å². The molecule has 234 valence electrons. The van der Waals surface area contributed by atoms with Crippen molar-refractivity contribution in [1.29, 1.82) is 0 Å². The third kappa shape index (κ3) is 4.07. The van der Waals surface area contributed by atoms with Gasteiger partial charge in [0.1, 0.15) is 11.2 Å². The summed E-state index contributed by atoms with van der Waals surface area (Å²) in [5, 5.41) is 9.71. The van der Waals surface area contributed by atoms with Gasteiger partial charge in [0.25, 0.3) is 0 Å². The van der Waals surface area contributed by atoms with E-state index in [9.17, 15) is 0 Å². The first-order valence-corrected chi connectivity index (χ1v) is 18.5. The van der Waals surface area contributed by atoms with E-state index in [0.717, 1.165) is 44.4 Å². The highest BCUT2D eigenvalue weighted by atomic mass is 32.1. The first-order valence-electron chi connectivity index (χ1n) is 16.8. The maximum absolute atomic E-state index is 6.73. The molecule has 8 aromatic carbocycles. The van der Waals surface area contributed by atoms with Crippen molar-refractivity contribution in [3.63, 3.8) is 0 Å². The van der Waals surface area contributed by atoms with Crippen LogP contribution < -0.4 is 4.90 Å². The predicted molar refractivity (Wildman–Crippen MR) is 217 cm³/mol. The molecule has 0 aliphatic carbocycles. The van der Waals surface area contributed by atoms with Crippen molar-refractivity contribution in [2.75, 3.05) is 4.90 Å². The number of fused-ring (bicyclic) bond motifs is 11. The number of thiophene rings is 2. The van der Waals surface area contributed by atoms with Gasteiger partial charge in [-0.3, -0.25) is 0 Å². The van der Waals surface area contributed by atoms with E-state index in [4.69, 9.17) is 4.42 Å². The van der Waals surface area contributed by atoms with E-state index in [2.05, 4.69) is 169 Å². The smallest absolute Gasteiger partial charge is 0.143 e. The molecule has 0 radical (unpaired) electrons. The Morgan fingerprint density at radius 2 is 1.06 bits per heavy atom. The second-order valence-electron chi connectivity index (χ2n) is 12.8. The minimum absolute atomic E-state index is 0.881. The van der Waals surface area contributed by atoms with Gasteiger partial charge in [-0.1, -0.05) is 115 Å². The summed E-state index contributed by atoms with van der Waals surface area (Å²) in [7, 11) is 0. The first-order chi connectivity index (χ1) is 24.8. The van der Waals surface area contributed by atoms with Crippen molar-refractivity contribution in [3.05, 3.63) is 164 Å². The van der Waals surface area contributed by atoms with Crippen molar-refractivity contribution in [3.8, 4) is 11.1 Å². The summed E-state index contributed by atoms with van der Waals surface area (Å²) in [5.41, 5.74) is 7.56. The van der Waals surface area contributed by atoms with Gasteiger partial charge in [-0.25, -0.2) is 0 Å². The van der Waals surface area contributed by atoms with Gasteiger partial charge in [-0.2, -0.15) is 0 Å². The Bertz CT molecular complexity index is 3130. The molecular weight excluding hydrogens is 647 g/mol. The number of nitrogens with zero attached hydrogens (tertiary/aromatic N) is 1. The number of hydrogen-bond acceptors (Lipinski definition) is 4. The van der Waals surface area contributed by atoms with E-state index in [0.29, 0.717) is 0 Å². The van der Waals surface area contributed by atoms with Gasteiger partial charge in [0, 0.05) is 52.0 Å². The van der Waals surface area contributed by atoms with Crippen LogP contribution in [0.25, 0.3) is 84.2 Å². The van der Waals surface area contributed by atoms with E-state index >= 15 is 0 Å². The number of para-hydroxylation sites is 1. The topological polar surface area (TPSA) is 16.4 Å². The minimum atomic E-state index is 0.881. The van der Waals surface area contributed by atoms with Crippen molar-refractivity contribution < 1.29 is 4.42 Å². The van der Waals surface area contributed by atoms with Crippen LogP contribution in [0.2, 0.25) is 0 Å². The summed E-state index contributed by atoms with van der Waals surface area (Å²) in [6.07, 6.45) is 0.